The number of unbranched alkanes of at least 4 members (excludes halogenated alkanes) is 50. The van der Waals surface area contributed by atoms with Crippen LogP contribution in [0.5, 0.6) is 0 Å². The number of carbonyl (C=O) groups is 3. The lowest BCUT2D eigenvalue weighted by molar-refractivity contribution is -0.167. The van der Waals surface area contributed by atoms with Crippen molar-refractivity contribution in [1.29, 1.82) is 0 Å². The molecule has 0 saturated heterocycles. The van der Waals surface area contributed by atoms with Crippen molar-refractivity contribution in [2.45, 2.75) is 412 Å². The lowest BCUT2D eigenvalue weighted by atomic mass is 10.0. The van der Waals surface area contributed by atoms with Crippen molar-refractivity contribution in [1.82, 2.24) is 0 Å². The molecule has 0 aromatic heterocycles. The van der Waals surface area contributed by atoms with Crippen LogP contribution in [0.15, 0.2) is 48.6 Å². The molecular formula is C77H142O6. The Morgan fingerprint density at radius 3 is 0.747 bits per heavy atom. The zero-order chi connectivity index (χ0) is 59.9. The van der Waals surface area contributed by atoms with Gasteiger partial charge in [0.05, 0.1) is 0 Å². The van der Waals surface area contributed by atoms with Crippen molar-refractivity contribution in [2.75, 3.05) is 13.2 Å². The summed E-state index contributed by atoms with van der Waals surface area (Å²) < 4.78 is 17.0. The van der Waals surface area contributed by atoms with Crippen LogP contribution >= 0.6 is 0 Å². The smallest absolute Gasteiger partial charge is 0.306 e. The van der Waals surface area contributed by atoms with Crippen LogP contribution in [-0.4, -0.2) is 37.2 Å². The van der Waals surface area contributed by atoms with Crippen LogP contribution in [0.1, 0.15) is 406 Å². The number of ether oxygens (including phenoxy) is 3. The average molecular weight is 1160 g/mol. The van der Waals surface area contributed by atoms with Gasteiger partial charge in [0.15, 0.2) is 6.10 Å². The normalized spacial score (nSPS) is 12.3. The molecule has 0 aromatic rings. The van der Waals surface area contributed by atoms with Crippen molar-refractivity contribution in [3.8, 4) is 0 Å². The fraction of sp³-hybridized carbons (Fsp3) is 0.857. The molecule has 0 aliphatic heterocycles. The highest BCUT2D eigenvalue weighted by Crippen LogP contribution is 2.19. The molecule has 0 saturated carbocycles. The largest absolute Gasteiger partial charge is 0.462 e. The van der Waals surface area contributed by atoms with Crippen molar-refractivity contribution in [3.63, 3.8) is 0 Å². The molecule has 0 heterocycles. The number of carbonyl (C=O) groups excluding carboxylic acids is 3. The minimum atomic E-state index is -0.776. The van der Waals surface area contributed by atoms with Gasteiger partial charge in [-0.25, -0.2) is 0 Å². The Bertz CT molecular complexity index is 1430. The zero-order valence-electron chi connectivity index (χ0n) is 56.0. The molecule has 0 fully saturated rings. The van der Waals surface area contributed by atoms with E-state index in [-0.39, 0.29) is 31.1 Å². The second kappa shape index (κ2) is 71.8. The summed E-state index contributed by atoms with van der Waals surface area (Å²) in [6, 6.07) is 0. The number of esters is 3. The number of hydrogen-bond acceptors (Lipinski definition) is 6. The fourth-order valence-electron chi connectivity index (χ4n) is 11.3. The zero-order valence-corrected chi connectivity index (χ0v) is 56.0. The summed E-state index contributed by atoms with van der Waals surface area (Å²) in [4.78, 5) is 38.5. The first-order chi connectivity index (χ1) is 41.0. The molecular weight excluding hydrogens is 1020 g/mol. The second-order valence-electron chi connectivity index (χ2n) is 25.2. The van der Waals surface area contributed by atoms with E-state index in [9.17, 15) is 14.4 Å². The van der Waals surface area contributed by atoms with E-state index in [2.05, 4.69) is 69.4 Å². The third kappa shape index (κ3) is 70.0. The van der Waals surface area contributed by atoms with Gasteiger partial charge in [-0.05, 0) is 77.0 Å². The van der Waals surface area contributed by atoms with Gasteiger partial charge in [-0.1, -0.05) is 358 Å². The number of allylic oxidation sites excluding steroid dienone is 8. The first-order valence-electron chi connectivity index (χ1n) is 37.1. The van der Waals surface area contributed by atoms with Gasteiger partial charge < -0.3 is 14.2 Å². The molecule has 1 atom stereocenters. The molecule has 0 aromatic carbocycles. The van der Waals surface area contributed by atoms with Gasteiger partial charge in [0.1, 0.15) is 13.2 Å². The van der Waals surface area contributed by atoms with E-state index in [1.54, 1.807) is 0 Å². The molecule has 0 aliphatic rings. The van der Waals surface area contributed by atoms with E-state index in [0.29, 0.717) is 19.3 Å². The quantitative estimate of drug-likeness (QED) is 0.0261. The van der Waals surface area contributed by atoms with Gasteiger partial charge >= 0.3 is 17.9 Å². The molecule has 1 unspecified atom stereocenters. The molecule has 0 aliphatic carbocycles. The Labute approximate surface area is 518 Å². The van der Waals surface area contributed by atoms with Crippen LogP contribution in [0.3, 0.4) is 0 Å². The molecule has 83 heavy (non-hydrogen) atoms. The van der Waals surface area contributed by atoms with E-state index >= 15 is 0 Å². The number of hydrogen-bond donors (Lipinski definition) is 0. The predicted molar refractivity (Wildman–Crippen MR) is 362 cm³/mol. The summed E-state index contributed by atoms with van der Waals surface area (Å²) in [5, 5.41) is 0. The van der Waals surface area contributed by atoms with Gasteiger partial charge in [0.2, 0.25) is 0 Å². The molecule has 6 heteroatoms. The lowest BCUT2D eigenvalue weighted by Crippen LogP contribution is -2.30. The van der Waals surface area contributed by atoms with Crippen LogP contribution < -0.4 is 0 Å². The van der Waals surface area contributed by atoms with Gasteiger partial charge in [0, 0.05) is 19.3 Å². The summed E-state index contributed by atoms with van der Waals surface area (Å²) in [6.45, 7) is 6.60. The molecule has 0 N–H and O–H groups in total. The van der Waals surface area contributed by atoms with E-state index in [0.717, 1.165) is 83.5 Å². The summed E-state index contributed by atoms with van der Waals surface area (Å²) in [6.07, 6.45) is 91.5. The third-order valence-electron chi connectivity index (χ3n) is 16.8. The van der Waals surface area contributed by atoms with Gasteiger partial charge in [-0.2, -0.15) is 0 Å². The van der Waals surface area contributed by atoms with E-state index in [1.807, 2.05) is 0 Å². The van der Waals surface area contributed by atoms with Crippen LogP contribution in [0.25, 0.3) is 0 Å². The van der Waals surface area contributed by atoms with E-state index < -0.39 is 6.10 Å². The maximum Gasteiger partial charge on any atom is 0.306 e. The second-order valence-corrected chi connectivity index (χ2v) is 25.2. The Balaban J connectivity index is 4.23. The van der Waals surface area contributed by atoms with Gasteiger partial charge in [0.25, 0.3) is 0 Å². The standard InChI is InChI=1S/C77H142O6/c1-4-7-10-13-16-19-22-25-28-31-33-34-35-36-37-38-39-40-41-42-44-46-49-52-55-58-61-64-67-70-76(79)82-73-74(72-81-75(78)69-66-63-60-57-54-51-48-45-30-27-24-21-18-15-12-9-6-3)83-77(80)71-68-65-62-59-56-53-50-47-43-32-29-26-23-20-17-14-11-8-5-2/h9,12,18,21,27,30-31,33,74H,4-8,10-11,13-17,19-20,22-26,28-29,32,34-73H2,1-3H3/b12-9-,21-18-,30-27-,33-31-. The summed E-state index contributed by atoms with van der Waals surface area (Å²) >= 11 is 0. The minimum Gasteiger partial charge on any atom is -0.462 e. The minimum absolute atomic E-state index is 0.0709. The predicted octanol–water partition coefficient (Wildman–Crippen LogP) is 25.7. The van der Waals surface area contributed by atoms with E-state index in [4.69, 9.17) is 14.2 Å². The first kappa shape index (κ1) is 80.4. The average Bonchev–Trinajstić information content (AvgIpc) is 3.50. The van der Waals surface area contributed by atoms with Gasteiger partial charge in [-0.15, -0.1) is 0 Å². The van der Waals surface area contributed by atoms with Crippen LogP contribution in [0, 0.1) is 0 Å². The SMILES string of the molecule is CC/C=C\C/C=C\C/C=C\CCCCCCCCCC(=O)OCC(COC(=O)CCCCCCCCCCCCCCCCCCC/C=C\CCCCCCCCCC)OC(=O)CCCCCCCCCCCCCCCCCCCCC. The Morgan fingerprint density at radius 2 is 0.470 bits per heavy atom. The maximum atomic E-state index is 13.0. The highest BCUT2D eigenvalue weighted by atomic mass is 16.6. The highest BCUT2D eigenvalue weighted by molar-refractivity contribution is 5.71. The highest BCUT2D eigenvalue weighted by Gasteiger charge is 2.20. The summed E-state index contributed by atoms with van der Waals surface area (Å²) in [5.74, 6) is -0.850. The third-order valence-corrected chi connectivity index (χ3v) is 16.8. The fourth-order valence-corrected chi connectivity index (χ4v) is 11.3. The molecule has 0 bridgehead atoms. The number of rotatable bonds is 69. The molecule has 0 rings (SSSR count). The Hall–Kier alpha value is -2.63. The molecule has 486 valence electrons. The Morgan fingerprint density at radius 1 is 0.253 bits per heavy atom. The molecule has 6 nitrogen and oxygen atoms in total. The van der Waals surface area contributed by atoms with E-state index in [1.165, 1.54) is 283 Å². The lowest BCUT2D eigenvalue weighted by Gasteiger charge is -2.18. The van der Waals surface area contributed by atoms with Crippen LogP contribution in [-0.2, 0) is 28.6 Å². The van der Waals surface area contributed by atoms with Crippen LogP contribution in [0.2, 0.25) is 0 Å². The molecule has 0 amide bonds. The maximum absolute atomic E-state index is 13.0. The topological polar surface area (TPSA) is 78.9 Å². The van der Waals surface area contributed by atoms with Crippen LogP contribution in [0.4, 0.5) is 0 Å². The first-order valence-corrected chi connectivity index (χ1v) is 37.1. The monoisotopic (exact) mass is 1160 g/mol. The molecule has 0 spiro atoms. The Kier molecular flexibility index (Phi) is 69.6. The van der Waals surface area contributed by atoms with Crippen molar-refractivity contribution in [2.24, 2.45) is 0 Å². The van der Waals surface area contributed by atoms with Crippen molar-refractivity contribution < 1.29 is 28.6 Å². The summed E-state index contributed by atoms with van der Waals surface area (Å²) in [5.41, 5.74) is 0. The van der Waals surface area contributed by atoms with Gasteiger partial charge in [-0.3, -0.25) is 14.4 Å². The van der Waals surface area contributed by atoms with Crippen molar-refractivity contribution in [3.05, 3.63) is 48.6 Å². The van der Waals surface area contributed by atoms with Crippen molar-refractivity contribution >= 4 is 17.9 Å². The summed E-state index contributed by atoms with van der Waals surface area (Å²) in [7, 11) is 0. The molecule has 0 radical (unpaired) electrons.